The number of amides is 1. The maximum atomic E-state index is 12.2. The number of nitrogens with one attached hydrogen (secondary N) is 1. The van der Waals surface area contributed by atoms with Gasteiger partial charge in [0.15, 0.2) is 0 Å². The van der Waals surface area contributed by atoms with Crippen LogP contribution in [0.1, 0.15) is 42.7 Å². The molecule has 31 heavy (non-hydrogen) atoms. The van der Waals surface area contributed by atoms with Crippen LogP contribution in [0.5, 0.6) is 0 Å². The van der Waals surface area contributed by atoms with Gasteiger partial charge >= 0.3 is 12.1 Å². The second kappa shape index (κ2) is 9.96. The van der Waals surface area contributed by atoms with E-state index in [1.54, 1.807) is 0 Å². The normalized spacial score (nSPS) is 18.3. The summed E-state index contributed by atoms with van der Waals surface area (Å²) in [7, 11) is 0. The van der Waals surface area contributed by atoms with Gasteiger partial charge in [-0.15, -0.1) is 0 Å². The van der Waals surface area contributed by atoms with Crippen molar-refractivity contribution in [2.45, 2.75) is 31.6 Å². The van der Waals surface area contributed by atoms with Crippen molar-refractivity contribution >= 4 is 12.1 Å². The zero-order valence-electron chi connectivity index (χ0n) is 17.6. The fourth-order valence-electron chi connectivity index (χ4n) is 4.76. The molecule has 2 aliphatic rings. The maximum absolute atomic E-state index is 12.2. The van der Waals surface area contributed by atoms with Crippen molar-refractivity contribution in [2.75, 3.05) is 26.4 Å². The first-order chi connectivity index (χ1) is 15.1. The number of hydrogen-bond acceptors (Lipinski definition) is 4. The summed E-state index contributed by atoms with van der Waals surface area (Å²) in [4.78, 5) is 23.7. The third-order valence-corrected chi connectivity index (χ3v) is 6.41. The number of aliphatic carboxylic acids is 1. The van der Waals surface area contributed by atoms with Crippen LogP contribution in [0.2, 0.25) is 0 Å². The number of benzene rings is 2. The third-order valence-electron chi connectivity index (χ3n) is 6.41. The van der Waals surface area contributed by atoms with Gasteiger partial charge in [-0.2, -0.15) is 0 Å². The largest absolute Gasteiger partial charge is 0.481 e. The Labute approximate surface area is 182 Å². The van der Waals surface area contributed by atoms with Gasteiger partial charge in [0.05, 0.1) is 12.5 Å². The Kier molecular flexibility index (Phi) is 6.87. The molecule has 0 radical (unpaired) electrons. The predicted octanol–water partition coefficient (Wildman–Crippen LogP) is 4.43. The quantitative estimate of drug-likeness (QED) is 0.583. The number of alkyl carbamates (subject to hydrolysis) is 1. The van der Waals surface area contributed by atoms with Gasteiger partial charge < -0.3 is 19.9 Å². The van der Waals surface area contributed by atoms with Crippen LogP contribution >= 0.6 is 0 Å². The highest BCUT2D eigenvalue weighted by molar-refractivity contribution is 5.79. The SMILES string of the molecule is O=C(NCCCCC(C(=O)O)C1CCOC1)OCC1c2ccccc2-c2ccccc21. The molecule has 1 heterocycles. The molecule has 0 aromatic heterocycles. The van der Waals surface area contributed by atoms with Crippen molar-refractivity contribution in [3.63, 3.8) is 0 Å². The molecule has 1 aliphatic carbocycles. The van der Waals surface area contributed by atoms with Gasteiger partial charge in [0.1, 0.15) is 6.61 Å². The van der Waals surface area contributed by atoms with Crippen molar-refractivity contribution in [1.82, 2.24) is 5.32 Å². The Hall–Kier alpha value is -2.86. The minimum atomic E-state index is -0.750. The minimum Gasteiger partial charge on any atom is -0.481 e. The number of rotatable bonds is 9. The predicted molar refractivity (Wildman–Crippen MR) is 117 cm³/mol. The summed E-state index contributed by atoms with van der Waals surface area (Å²) < 4.78 is 10.8. The summed E-state index contributed by atoms with van der Waals surface area (Å²) in [5.74, 6) is -0.965. The molecule has 1 fully saturated rings. The molecule has 2 aromatic rings. The molecule has 1 saturated heterocycles. The standard InChI is InChI=1S/C25H29NO5/c27-24(28)18(17-12-14-30-15-17)7-5-6-13-26-25(29)31-16-23-21-10-3-1-8-19(21)20-9-2-4-11-22(20)23/h1-4,8-11,17-18,23H,5-7,12-16H2,(H,26,29)(H,27,28). The number of fused-ring (bicyclic) bond motifs is 3. The number of carboxylic acids is 1. The van der Waals surface area contributed by atoms with E-state index in [0.29, 0.717) is 32.8 Å². The molecule has 2 unspecified atom stereocenters. The van der Waals surface area contributed by atoms with Gasteiger partial charge in [0.25, 0.3) is 0 Å². The molecule has 2 atom stereocenters. The van der Waals surface area contributed by atoms with E-state index in [1.807, 2.05) is 24.3 Å². The molecule has 1 aliphatic heterocycles. The lowest BCUT2D eigenvalue weighted by Gasteiger charge is -2.18. The van der Waals surface area contributed by atoms with Crippen LogP contribution in [0.4, 0.5) is 4.79 Å². The molecule has 0 bridgehead atoms. The highest BCUT2D eigenvalue weighted by Crippen LogP contribution is 2.44. The van der Waals surface area contributed by atoms with Crippen LogP contribution in [0.25, 0.3) is 11.1 Å². The Morgan fingerprint density at radius 1 is 1.06 bits per heavy atom. The zero-order chi connectivity index (χ0) is 21.6. The number of carbonyl (C=O) groups is 2. The van der Waals surface area contributed by atoms with Gasteiger partial charge in [0.2, 0.25) is 0 Å². The molecular weight excluding hydrogens is 394 g/mol. The average molecular weight is 424 g/mol. The van der Waals surface area contributed by atoms with Gasteiger partial charge in [-0.3, -0.25) is 4.79 Å². The number of unbranched alkanes of at least 4 members (excludes halogenated alkanes) is 1. The first-order valence-corrected chi connectivity index (χ1v) is 11.0. The lowest BCUT2D eigenvalue weighted by Crippen LogP contribution is -2.27. The molecule has 4 rings (SSSR count). The van der Waals surface area contributed by atoms with Gasteiger partial charge in [-0.05, 0) is 47.4 Å². The van der Waals surface area contributed by atoms with Crippen LogP contribution in [0, 0.1) is 11.8 Å². The molecule has 1 amide bonds. The smallest absolute Gasteiger partial charge is 0.407 e. The molecule has 2 N–H and O–H groups in total. The van der Waals surface area contributed by atoms with Crippen molar-refractivity contribution in [3.8, 4) is 11.1 Å². The fourth-order valence-corrected chi connectivity index (χ4v) is 4.76. The summed E-state index contributed by atoms with van der Waals surface area (Å²) in [6, 6.07) is 16.5. The molecular formula is C25H29NO5. The Bertz CT molecular complexity index is 876. The van der Waals surface area contributed by atoms with Crippen LogP contribution in [0.15, 0.2) is 48.5 Å². The van der Waals surface area contributed by atoms with E-state index in [0.717, 1.165) is 19.3 Å². The van der Waals surface area contributed by atoms with E-state index in [9.17, 15) is 14.7 Å². The van der Waals surface area contributed by atoms with E-state index >= 15 is 0 Å². The Morgan fingerprint density at radius 2 is 1.74 bits per heavy atom. The van der Waals surface area contributed by atoms with E-state index in [1.165, 1.54) is 22.3 Å². The lowest BCUT2D eigenvalue weighted by molar-refractivity contribution is -0.144. The maximum Gasteiger partial charge on any atom is 0.407 e. The second-order valence-corrected chi connectivity index (χ2v) is 8.32. The molecule has 2 aromatic carbocycles. The summed E-state index contributed by atoms with van der Waals surface area (Å²) in [6.45, 7) is 1.96. The van der Waals surface area contributed by atoms with Crippen LogP contribution in [0.3, 0.4) is 0 Å². The number of carbonyl (C=O) groups excluding carboxylic acids is 1. The highest BCUT2D eigenvalue weighted by atomic mass is 16.5. The van der Waals surface area contributed by atoms with Crippen LogP contribution in [-0.2, 0) is 14.3 Å². The number of ether oxygens (including phenoxy) is 2. The van der Waals surface area contributed by atoms with Crippen molar-refractivity contribution in [2.24, 2.45) is 11.8 Å². The van der Waals surface area contributed by atoms with Crippen molar-refractivity contribution in [3.05, 3.63) is 59.7 Å². The van der Waals surface area contributed by atoms with Crippen LogP contribution in [-0.4, -0.2) is 43.5 Å². The third kappa shape index (κ3) is 4.90. The molecule has 6 nitrogen and oxygen atoms in total. The Morgan fingerprint density at radius 3 is 2.35 bits per heavy atom. The van der Waals surface area contributed by atoms with E-state index in [2.05, 4.69) is 29.6 Å². The van der Waals surface area contributed by atoms with Gasteiger partial charge in [0, 0.05) is 19.1 Å². The molecule has 164 valence electrons. The second-order valence-electron chi connectivity index (χ2n) is 8.32. The number of hydrogen-bond donors (Lipinski definition) is 2. The summed E-state index contributed by atoms with van der Waals surface area (Å²) in [6.07, 6.45) is 2.46. The first-order valence-electron chi connectivity index (χ1n) is 11.0. The fraction of sp³-hybridized carbons (Fsp3) is 0.440. The first kappa shape index (κ1) is 21.4. The molecule has 0 saturated carbocycles. The monoisotopic (exact) mass is 423 g/mol. The van der Waals surface area contributed by atoms with Crippen molar-refractivity contribution < 1.29 is 24.2 Å². The molecule has 6 heteroatoms. The zero-order valence-corrected chi connectivity index (χ0v) is 17.6. The lowest BCUT2D eigenvalue weighted by atomic mass is 9.87. The highest BCUT2D eigenvalue weighted by Gasteiger charge is 2.31. The summed E-state index contributed by atoms with van der Waals surface area (Å²) in [5, 5.41) is 12.2. The van der Waals surface area contributed by atoms with Gasteiger partial charge in [-0.1, -0.05) is 55.0 Å². The summed E-state index contributed by atoms with van der Waals surface area (Å²) in [5.41, 5.74) is 4.78. The molecule has 0 spiro atoms. The van der Waals surface area contributed by atoms with E-state index in [4.69, 9.17) is 9.47 Å². The topological polar surface area (TPSA) is 84.9 Å². The minimum absolute atomic E-state index is 0.0445. The van der Waals surface area contributed by atoms with Crippen molar-refractivity contribution in [1.29, 1.82) is 0 Å². The van der Waals surface area contributed by atoms with Gasteiger partial charge in [-0.25, -0.2) is 4.79 Å². The average Bonchev–Trinajstić information content (AvgIpc) is 3.41. The van der Waals surface area contributed by atoms with E-state index < -0.39 is 12.1 Å². The van der Waals surface area contributed by atoms with Crippen LogP contribution < -0.4 is 5.32 Å². The van der Waals surface area contributed by atoms with E-state index in [-0.39, 0.29) is 17.8 Å². The number of carboxylic acid groups (broad SMARTS) is 1. The Balaban J connectivity index is 1.21. The summed E-state index contributed by atoms with van der Waals surface area (Å²) >= 11 is 0.